The number of fused-ring (bicyclic) bond motifs is 1. The number of halogens is 1. The third-order valence-corrected chi connectivity index (χ3v) is 3.86. The topological polar surface area (TPSA) is 97.6 Å². The molecule has 0 aliphatic carbocycles. The van der Waals surface area contributed by atoms with Crippen LogP contribution in [0.5, 0.6) is 0 Å². The predicted octanol–water partition coefficient (Wildman–Crippen LogP) is 2.81. The molecule has 27 heavy (non-hydrogen) atoms. The summed E-state index contributed by atoms with van der Waals surface area (Å²) in [7, 11) is 0. The number of aromatic nitrogens is 1. The molecule has 1 heterocycles. The number of pyridine rings is 1. The van der Waals surface area contributed by atoms with Gasteiger partial charge in [0.25, 0.3) is 5.56 Å². The number of carboxylic acid groups (broad SMARTS) is 1. The summed E-state index contributed by atoms with van der Waals surface area (Å²) in [6, 6.07) is 3.88. The quantitative estimate of drug-likeness (QED) is 0.593. The number of carboxylic acids is 1. The minimum Gasteiger partial charge on any atom is -0.478 e. The van der Waals surface area contributed by atoms with Crippen molar-refractivity contribution in [3.63, 3.8) is 0 Å². The number of aromatic carboxylic acids is 1. The first-order valence-electron chi connectivity index (χ1n) is 8.56. The van der Waals surface area contributed by atoms with Crippen molar-refractivity contribution < 1.29 is 23.8 Å². The van der Waals surface area contributed by atoms with Gasteiger partial charge < -0.3 is 15.3 Å². The number of nitrogens with one attached hydrogen (secondary N) is 1. The minimum atomic E-state index is -1.26. The third-order valence-electron chi connectivity index (χ3n) is 3.86. The standard InChI is InChI=1S/C19H23FN2O5/c1-11-15(18(25)26)12-7-5-8-13(20)16(12)17(24)22(11)21-10-6-9-14(23)27-19(2,3)4/h5,7-8,21H,6,9-10H2,1-4H3,(H,25,26). The Balaban J connectivity index is 2.26. The molecule has 2 N–H and O–H groups in total. The fourth-order valence-electron chi connectivity index (χ4n) is 2.80. The molecule has 1 aromatic carbocycles. The van der Waals surface area contributed by atoms with Crippen LogP contribution in [0, 0.1) is 12.7 Å². The first-order valence-corrected chi connectivity index (χ1v) is 8.56. The summed E-state index contributed by atoms with van der Waals surface area (Å²) in [4.78, 5) is 36.0. The Morgan fingerprint density at radius 1 is 1.30 bits per heavy atom. The first kappa shape index (κ1) is 20.4. The van der Waals surface area contributed by atoms with E-state index in [1.54, 1.807) is 20.8 Å². The zero-order chi connectivity index (χ0) is 20.4. The highest BCUT2D eigenvalue weighted by atomic mass is 19.1. The van der Waals surface area contributed by atoms with Crippen molar-refractivity contribution in [1.82, 2.24) is 4.68 Å². The molecule has 0 unspecified atom stereocenters. The SMILES string of the molecule is Cc1c(C(=O)O)c2cccc(F)c2c(=O)n1NCCCC(=O)OC(C)(C)C. The second kappa shape index (κ2) is 7.77. The molecule has 8 heteroatoms. The van der Waals surface area contributed by atoms with Crippen LogP contribution in [0.25, 0.3) is 10.8 Å². The van der Waals surface area contributed by atoms with Gasteiger partial charge in [0.05, 0.1) is 16.6 Å². The average molecular weight is 378 g/mol. The number of benzene rings is 1. The Labute approximate surface area is 155 Å². The second-order valence-corrected chi connectivity index (χ2v) is 7.17. The molecule has 0 aliphatic rings. The minimum absolute atomic E-state index is 0.0526. The van der Waals surface area contributed by atoms with Gasteiger partial charge in [0.1, 0.15) is 11.4 Å². The third kappa shape index (κ3) is 4.64. The molecular formula is C19H23FN2O5. The summed E-state index contributed by atoms with van der Waals surface area (Å²) in [5.74, 6) is -2.42. The van der Waals surface area contributed by atoms with E-state index in [-0.39, 0.29) is 41.0 Å². The number of hydrogen-bond donors (Lipinski definition) is 2. The average Bonchev–Trinajstić information content (AvgIpc) is 2.51. The number of carbonyl (C=O) groups excluding carboxylic acids is 1. The number of ether oxygens (including phenoxy) is 1. The van der Waals surface area contributed by atoms with Gasteiger partial charge in [0.2, 0.25) is 0 Å². The van der Waals surface area contributed by atoms with Crippen molar-refractivity contribution in [2.75, 3.05) is 12.0 Å². The van der Waals surface area contributed by atoms with Gasteiger partial charge in [-0.05, 0) is 40.2 Å². The highest BCUT2D eigenvalue weighted by Crippen LogP contribution is 2.21. The lowest BCUT2D eigenvalue weighted by Gasteiger charge is -2.20. The Kier molecular flexibility index (Phi) is 5.88. The van der Waals surface area contributed by atoms with E-state index in [1.165, 1.54) is 19.1 Å². The lowest BCUT2D eigenvalue weighted by molar-refractivity contribution is -0.154. The van der Waals surface area contributed by atoms with E-state index in [9.17, 15) is 23.9 Å². The molecule has 0 fully saturated rings. The summed E-state index contributed by atoms with van der Waals surface area (Å²) >= 11 is 0. The smallest absolute Gasteiger partial charge is 0.338 e. The molecule has 0 atom stereocenters. The van der Waals surface area contributed by atoms with Crippen LogP contribution in [-0.4, -0.2) is 33.9 Å². The molecule has 0 amide bonds. The van der Waals surface area contributed by atoms with E-state index in [1.807, 2.05) is 0 Å². The lowest BCUT2D eigenvalue weighted by Crippen LogP contribution is -2.34. The molecule has 146 valence electrons. The number of hydrogen-bond acceptors (Lipinski definition) is 5. The van der Waals surface area contributed by atoms with E-state index >= 15 is 0 Å². The van der Waals surface area contributed by atoms with Gasteiger partial charge in [-0.1, -0.05) is 12.1 Å². The maximum absolute atomic E-state index is 14.2. The number of rotatable bonds is 6. The van der Waals surface area contributed by atoms with Crippen molar-refractivity contribution in [3.8, 4) is 0 Å². The molecule has 1 aromatic heterocycles. The predicted molar refractivity (Wildman–Crippen MR) is 99.2 cm³/mol. The van der Waals surface area contributed by atoms with Crippen LogP contribution >= 0.6 is 0 Å². The van der Waals surface area contributed by atoms with Gasteiger partial charge in [-0.3, -0.25) is 9.59 Å². The van der Waals surface area contributed by atoms with Gasteiger partial charge in [0, 0.05) is 18.4 Å². The largest absolute Gasteiger partial charge is 0.478 e. The van der Waals surface area contributed by atoms with E-state index in [2.05, 4.69) is 5.43 Å². The highest BCUT2D eigenvalue weighted by Gasteiger charge is 2.21. The highest BCUT2D eigenvalue weighted by molar-refractivity contribution is 6.04. The number of carbonyl (C=O) groups is 2. The van der Waals surface area contributed by atoms with Crippen LogP contribution in [-0.2, 0) is 9.53 Å². The number of nitrogens with zero attached hydrogens (tertiary/aromatic N) is 1. The molecule has 0 radical (unpaired) electrons. The molecule has 0 bridgehead atoms. The van der Waals surface area contributed by atoms with Crippen molar-refractivity contribution >= 4 is 22.7 Å². The Hall–Kier alpha value is -2.90. The van der Waals surface area contributed by atoms with Crippen LogP contribution in [0.2, 0.25) is 0 Å². The fraction of sp³-hybridized carbons (Fsp3) is 0.421. The van der Waals surface area contributed by atoms with Crippen molar-refractivity contribution in [1.29, 1.82) is 0 Å². The van der Waals surface area contributed by atoms with Gasteiger partial charge in [-0.25, -0.2) is 13.9 Å². The van der Waals surface area contributed by atoms with Crippen LogP contribution < -0.4 is 11.0 Å². The normalized spacial score (nSPS) is 11.4. The van der Waals surface area contributed by atoms with Gasteiger partial charge in [-0.15, -0.1) is 0 Å². The monoisotopic (exact) mass is 378 g/mol. The molecule has 2 aromatic rings. The first-order chi connectivity index (χ1) is 12.5. The molecular weight excluding hydrogens is 355 g/mol. The summed E-state index contributed by atoms with van der Waals surface area (Å²) in [5.41, 5.74) is 1.53. The van der Waals surface area contributed by atoms with E-state index in [4.69, 9.17) is 4.74 Å². The second-order valence-electron chi connectivity index (χ2n) is 7.17. The van der Waals surface area contributed by atoms with Gasteiger partial charge in [-0.2, -0.15) is 0 Å². The van der Waals surface area contributed by atoms with E-state index in [0.717, 1.165) is 10.7 Å². The summed E-state index contributed by atoms with van der Waals surface area (Å²) in [6.45, 7) is 6.98. The zero-order valence-corrected chi connectivity index (χ0v) is 15.8. The fourth-order valence-corrected chi connectivity index (χ4v) is 2.80. The molecule has 2 rings (SSSR count). The maximum Gasteiger partial charge on any atom is 0.338 e. The van der Waals surface area contributed by atoms with Crippen LogP contribution in [0.3, 0.4) is 0 Å². The molecule has 0 spiro atoms. The van der Waals surface area contributed by atoms with Crippen molar-refractivity contribution in [3.05, 3.63) is 45.6 Å². The van der Waals surface area contributed by atoms with Crippen molar-refractivity contribution in [2.24, 2.45) is 0 Å². The van der Waals surface area contributed by atoms with Crippen LogP contribution in [0.4, 0.5) is 4.39 Å². The molecule has 0 saturated heterocycles. The van der Waals surface area contributed by atoms with Crippen LogP contribution in [0.15, 0.2) is 23.0 Å². The van der Waals surface area contributed by atoms with Crippen molar-refractivity contribution in [2.45, 2.75) is 46.1 Å². The van der Waals surface area contributed by atoms with E-state index < -0.39 is 22.9 Å². The molecule has 0 saturated carbocycles. The van der Waals surface area contributed by atoms with Gasteiger partial charge >= 0.3 is 11.9 Å². The van der Waals surface area contributed by atoms with Crippen LogP contribution in [0.1, 0.15) is 49.7 Å². The molecule has 0 aliphatic heterocycles. The summed E-state index contributed by atoms with van der Waals surface area (Å²) in [5, 5.41) is 9.26. The van der Waals surface area contributed by atoms with E-state index in [0.29, 0.717) is 6.42 Å². The number of esters is 1. The summed E-state index contributed by atoms with van der Waals surface area (Å²) < 4.78 is 20.4. The van der Waals surface area contributed by atoms with Gasteiger partial charge in [0.15, 0.2) is 0 Å². The maximum atomic E-state index is 14.2. The Morgan fingerprint density at radius 2 is 1.96 bits per heavy atom. The summed E-state index contributed by atoms with van der Waals surface area (Å²) in [6.07, 6.45) is 0.490. The molecule has 7 nitrogen and oxygen atoms in total. The zero-order valence-electron chi connectivity index (χ0n) is 15.8. The Morgan fingerprint density at radius 3 is 2.56 bits per heavy atom. The lowest BCUT2D eigenvalue weighted by atomic mass is 10.0. The Bertz CT molecular complexity index is 944.